The second-order valence-corrected chi connectivity index (χ2v) is 5.47. The Kier molecular flexibility index (Phi) is 6.26. The van der Waals surface area contributed by atoms with Crippen LogP contribution in [0.25, 0.3) is 0 Å². The molecule has 0 unspecified atom stereocenters. The summed E-state index contributed by atoms with van der Waals surface area (Å²) in [6.07, 6.45) is 0.943. The summed E-state index contributed by atoms with van der Waals surface area (Å²) in [6, 6.07) is 7.45. The van der Waals surface area contributed by atoms with Crippen molar-refractivity contribution in [2.24, 2.45) is 0 Å². The van der Waals surface area contributed by atoms with Gasteiger partial charge >= 0.3 is 12.0 Å². The number of amides is 2. The number of benzene rings is 1. The van der Waals surface area contributed by atoms with Gasteiger partial charge in [-0.2, -0.15) is 0 Å². The highest BCUT2D eigenvalue weighted by molar-refractivity contribution is 5.89. The number of nitrogens with one attached hydrogen (secondary N) is 1. The summed E-state index contributed by atoms with van der Waals surface area (Å²) in [5.74, 6) is -0.295. The summed E-state index contributed by atoms with van der Waals surface area (Å²) in [5, 5.41) is 2.91. The Morgan fingerprint density at radius 1 is 1.09 bits per heavy atom. The van der Waals surface area contributed by atoms with Crippen LogP contribution in [-0.4, -0.2) is 56.2 Å². The second kappa shape index (κ2) is 8.41. The molecule has 1 heterocycles. The molecule has 0 spiro atoms. The van der Waals surface area contributed by atoms with Crippen molar-refractivity contribution in [3.8, 4) is 0 Å². The third-order valence-electron chi connectivity index (χ3n) is 3.84. The van der Waals surface area contributed by atoms with Gasteiger partial charge < -0.3 is 19.9 Å². The second-order valence-electron chi connectivity index (χ2n) is 5.47. The zero-order chi connectivity index (χ0) is 16.7. The summed E-state index contributed by atoms with van der Waals surface area (Å²) in [5.41, 5.74) is 1.62. The molecule has 6 heteroatoms. The third kappa shape index (κ3) is 4.61. The van der Waals surface area contributed by atoms with Gasteiger partial charge in [0.05, 0.1) is 12.2 Å². The summed E-state index contributed by atoms with van der Waals surface area (Å²) in [6.45, 7) is 7.92. The van der Waals surface area contributed by atoms with Crippen LogP contribution in [0.1, 0.15) is 30.6 Å². The molecule has 0 saturated carbocycles. The minimum absolute atomic E-state index is 0.0177. The van der Waals surface area contributed by atoms with Gasteiger partial charge in [0.1, 0.15) is 0 Å². The van der Waals surface area contributed by atoms with Gasteiger partial charge in [0.25, 0.3) is 0 Å². The van der Waals surface area contributed by atoms with Crippen molar-refractivity contribution >= 4 is 17.7 Å². The largest absolute Gasteiger partial charge is 0.462 e. The Morgan fingerprint density at radius 2 is 1.74 bits per heavy atom. The number of esters is 1. The number of carbonyl (C=O) groups is 2. The van der Waals surface area contributed by atoms with Crippen molar-refractivity contribution in [3.05, 3.63) is 29.8 Å². The van der Waals surface area contributed by atoms with Gasteiger partial charge in [0.15, 0.2) is 0 Å². The smallest absolute Gasteiger partial charge is 0.338 e. The lowest BCUT2D eigenvalue weighted by molar-refractivity contribution is 0.0526. The van der Waals surface area contributed by atoms with Crippen LogP contribution in [0, 0.1) is 0 Å². The van der Waals surface area contributed by atoms with Gasteiger partial charge in [-0.05, 0) is 37.6 Å². The number of ether oxygens (including phenoxy) is 1. The van der Waals surface area contributed by atoms with Crippen molar-refractivity contribution < 1.29 is 14.3 Å². The van der Waals surface area contributed by atoms with Gasteiger partial charge in [0.2, 0.25) is 0 Å². The lowest BCUT2D eigenvalue weighted by atomic mass is 10.2. The predicted molar refractivity (Wildman–Crippen MR) is 89.9 cm³/mol. The molecule has 2 rings (SSSR count). The number of rotatable bonds is 5. The molecule has 1 fully saturated rings. The average Bonchev–Trinajstić information content (AvgIpc) is 2.60. The maximum atomic E-state index is 11.9. The van der Waals surface area contributed by atoms with Crippen LogP contribution < -0.4 is 10.2 Å². The van der Waals surface area contributed by atoms with Crippen molar-refractivity contribution in [2.75, 3.05) is 44.2 Å². The first kappa shape index (κ1) is 17.1. The fraction of sp³-hybridized carbons (Fsp3) is 0.529. The maximum absolute atomic E-state index is 11.9. The van der Waals surface area contributed by atoms with Crippen LogP contribution in [0.5, 0.6) is 0 Å². The lowest BCUT2D eigenvalue weighted by Crippen LogP contribution is -2.52. The van der Waals surface area contributed by atoms with E-state index in [9.17, 15) is 9.59 Å². The predicted octanol–water partition coefficient (Wildman–Crippen LogP) is 2.10. The third-order valence-corrected chi connectivity index (χ3v) is 3.84. The van der Waals surface area contributed by atoms with E-state index in [1.54, 1.807) is 19.1 Å². The number of carbonyl (C=O) groups excluding carboxylic acids is 2. The molecule has 1 saturated heterocycles. The number of urea groups is 1. The molecule has 0 atom stereocenters. The molecule has 6 nitrogen and oxygen atoms in total. The standard InChI is InChI=1S/C17H25N3O3/c1-3-9-18-17(22)20-12-10-19(11-13-20)15-7-5-14(6-8-15)16(21)23-4-2/h5-8H,3-4,9-13H2,1-2H3,(H,18,22). The highest BCUT2D eigenvalue weighted by Gasteiger charge is 2.21. The van der Waals surface area contributed by atoms with E-state index in [2.05, 4.69) is 10.2 Å². The molecule has 1 aliphatic heterocycles. The molecule has 0 aromatic heterocycles. The molecule has 1 aliphatic rings. The minimum Gasteiger partial charge on any atom is -0.462 e. The first-order valence-electron chi connectivity index (χ1n) is 8.20. The van der Waals surface area contributed by atoms with E-state index in [1.807, 2.05) is 24.0 Å². The van der Waals surface area contributed by atoms with E-state index < -0.39 is 0 Å². The summed E-state index contributed by atoms with van der Waals surface area (Å²) >= 11 is 0. The number of anilines is 1. The Labute approximate surface area is 137 Å². The zero-order valence-electron chi connectivity index (χ0n) is 13.9. The van der Waals surface area contributed by atoms with Gasteiger partial charge in [-0.1, -0.05) is 6.92 Å². The number of piperazine rings is 1. The first-order chi connectivity index (χ1) is 11.2. The van der Waals surface area contributed by atoms with Crippen LogP contribution in [-0.2, 0) is 4.74 Å². The van der Waals surface area contributed by atoms with Crippen LogP contribution in [0.15, 0.2) is 24.3 Å². The average molecular weight is 319 g/mol. The summed E-state index contributed by atoms with van der Waals surface area (Å²) in [7, 11) is 0. The van der Waals surface area contributed by atoms with Gasteiger partial charge in [-0.25, -0.2) is 9.59 Å². The molecule has 1 aromatic carbocycles. The molecule has 0 aliphatic carbocycles. The number of nitrogens with zero attached hydrogens (tertiary/aromatic N) is 2. The molecule has 23 heavy (non-hydrogen) atoms. The molecular formula is C17H25N3O3. The first-order valence-corrected chi connectivity index (χ1v) is 8.20. The van der Waals surface area contributed by atoms with E-state index in [4.69, 9.17) is 4.74 Å². The molecular weight excluding hydrogens is 294 g/mol. The van der Waals surface area contributed by atoms with Crippen molar-refractivity contribution in [3.63, 3.8) is 0 Å². The lowest BCUT2D eigenvalue weighted by Gasteiger charge is -2.36. The topological polar surface area (TPSA) is 61.9 Å². The van der Waals surface area contributed by atoms with Crippen molar-refractivity contribution in [1.82, 2.24) is 10.2 Å². The molecule has 1 N–H and O–H groups in total. The van der Waals surface area contributed by atoms with Crippen molar-refractivity contribution in [1.29, 1.82) is 0 Å². The highest BCUT2D eigenvalue weighted by Crippen LogP contribution is 2.18. The van der Waals surface area contributed by atoms with Crippen LogP contribution in [0.3, 0.4) is 0 Å². The monoisotopic (exact) mass is 319 g/mol. The quantitative estimate of drug-likeness (QED) is 0.844. The summed E-state index contributed by atoms with van der Waals surface area (Å²) < 4.78 is 4.98. The van der Waals surface area contributed by atoms with Crippen molar-refractivity contribution in [2.45, 2.75) is 20.3 Å². The Bertz CT molecular complexity index is 522. The minimum atomic E-state index is -0.295. The fourth-order valence-electron chi connectivity index (χ4n) is 2.53. The Balaban J connectivity index is 1.87. The van der Waals surface area contributed by atoms with E-state index in [0.29, 0.717) is 31.8 Å². The van der Waals surface area contributed by atoms with E-state index in [1.165, 1.54) is 0 Å². The van der Waals surface area contributed by atoms with Crippen LogP contribution in [0.2, 0.25) is 0 Å². The maximum Gasteiger partial charge on any atom is 0.338 e. The fourth-order valence-corrected chi connectivity index (χ4v) is 2.53. The van der Waals surface area contributed by atoms with Gasteiger partial charge in [-0.15, -0.1) is 0 Å². The Morgan fingerprint density at radius 3 is 2.30 bits per heavy atom. The van der Waals surface area contributed by atoms with Gasteiger partial charge in [-0.3, -0.25) is 0 Å². The normalized spacial score (nSPS) is 14.5. The highest BCUT2D eigenvalue weighted by atomic mass is 16.5. The SMILES string of the molecule is CCCNC(=O)N1CCN(c2ccc(C(=O)OCC)cc2)CC1. The number of hydrogen-bond donors (Lipinski definition) is 1. The van der Waals surface area contributed by atoms with E-state index in [-0.39, 0.29) is 12.0 Å². The zero-order valence-corrected chi connectivity index (χ0v) is 13.9. The molecule has 126 valence electrons. The Hall–Kier alpha value is -2.24. The summed E-state index contributed by atoms with van der Waals surface area (Å²) in [4.78, 5) is 27.6. The van der Waals surface area contributed by atoms with Gasteiger partial charge in [0, 0.05) is 38.4 Å². The van der Waals surface area contributed by atoms with Crippen LogP contribution >= 0.6 is 0 Å². The van der Waals surface area contributed by atoms with E-state index >= 15 is 0 Å². The molecule has 1 aromatic rings. The number of hydrogen-bond acceptors (Lipinski definition) is 4. The van der Waals surface area contributed by atoms with E-state index in [0.717, 1.165) is 25.2 Å². The van der Waals surface area contributed by atoms with Crippen LogP contribution in [0.4, 0.5) is 10.5 Å². The molecule has 0 radical (unpaired) electrons. The molecule has 2 amide bonds. The molecule has 0 bridgehead atoms.